The smallest absolute Gasteiger partial charge is 0.222 e. The Morgan fingerprint density at radius 1 is 1.03 bits per heavy atom. The highest BCUT2D eigenvalue weighted by Gasteiger charge is 2.39. The predicted molar refractivity (Wildman–Crippen MR) is 138 cm³/mol. The van der Waals surface area contributed by atoms with Crippen LogP contribution in [0.3, 0.4) is 0 Å². The van der Waals surface area contributed by atoms with Gasteiger partial charge in [-0.25, -0.2) is 0 Å². The second-order valence-corrected chi connectivity index (χ2v) is 10.1. The average Bonchev–Trinajstić information content (AvgIpc) is 3.47. The van der Waals surface area contributed by atoms with Gasteiger partial charge in [-0.1, -0.05) is 48.5 Å². The van der Waals surface area contributed by atoms with Gasteiger partial charge in [0.25, 0.3) is 0 Å². The van der Waals surface area contributed by atoms with Crippen LogP contribution in [-0.4, -0.2) is 47.9 Å². The van der Waals surface area contributed by atoms with Gasteiger partial charge in [-0.05, 0) is 69.3 Å². The van der Waals surface area contributed by atoms with Crippen molar-refractivity contribution in [3.63, 3.8) is 0 Å². The van der Waals surface area contributed by atoms with Gasteiger partial charge >= 0.3 is 0 Å². The van der Waals surface area contributed by atoms with Crippen molar-refractivity contribution >= 4 is 29.2 Å². The van der Waals surface area contributed by atoms with Crippen molar-refractivity contribution in [3.05, 3.63) is 71.9 Å². The van der Waals surface area contributed by atoms with Crippen LogP contribution in [0.25, 0.3) is 10.9 Å². The number of carbonyl (C=O) groups excluding carboxylic acids is 1. The van der Waals surface area contributed by atoms with Gasteiger partial charge in [0, 0.05) is 48.1 Å². The molecule has 1 aliphatic carbocycles. The Labute approximate surface area is 203 Å². The molecule has 1 atom stereocenters. The second kappa shape index (κ2) is 9.90. The minimum Gasteiger partial charge on any atom is -0.361 e. The number of aromatic amines is 1. The molecule has 33 heavy (non-hydrogen) atoms. The Hall–Kier alpha value is -2.30. The number of rotatable bonds is 5. The lowest BCUT2D eigenvalue weighted by atomic mass is 9.71. The molecule has 1 N–H and O–H groups in total. The Bertz CT molecular complexity index is 1070. The van der Waals surface area contributed by atoms with E-state index < -0.39 is 0 Å². The summed E-state index contributed by atoms with van der Waals surface area (Å²) in [5.74, 6) is 1.31. The van der Waals surface area contributed by atoms with Crippen LogP contribution in [0.1, 0.15) is 55.6 Å². The minimum absolute atomic E-state index is 0. The monoisotopic (exact) mass is 465 g/mol. The lowest BCUT2D eigenvalue weighted by Crippen LogP contribution is -2.44. The molecule has 2 heterocycles. The maximum atomic E-state index is 13.2. The summed E-state index contributed by atoms with van der Waals surface area (Å²) in [7, 11) is 4.40. The van der Waals surface area contributed by atoms with E-state index in [1.165, 1.54) is 22.0 Å². The van der Waals surface area contributed by atoms with E-state index in [4.69, 9.17) is 0 Å². The fraction of sp³-hybridized carbons (Fsp3) is 0.464. The zero-order valence-electron chi connectivity index (χ0n) is 19.8. The number of aromatic nitrogens is 1. The van der Waals surface area contributed by atoms with Crippen molar-refractivity contribution in [1.29, 1.82) is 0 Å². The van der Waals surface area contributed by atoms with Crippen LogP contribution in [-0.2, 0) is 10.3 Å². The topological polar surface area (TPSA) is 39.3 Å². The van der Waals surface area contributed by atoms with E-state index >= 15 is 0 Å². The molecule has 0 spiro atoms. The SMILES string of the molecule is CN(C)C1(c2ccccc2)CCC(CC(=O)N2CCC(c3c[nH]c4ccccc34)C2)CC1.Cl. The maximum absolute atomic E-state index is 13.2. The zero-order chi connectivity index (χ0) is 22.1. The van der Waals surface area contributed by atoms with Crippen LogP contribution in [0.2, 0.25) is 0 Å². The fourth-order valence-corrected chi connectivity index (χ4v) is 6.15. The number of para-hydroxylation sites is 1. The average molecular weight is 466 g/mol. The number of nitrogens with zero attached hydrogens (tertiary/aromatic N) is 2. The molecule has 4 nitrogen and oxygen atoms in total. The summed E-state index contributed by atoms with van der Waals surface area (Å²) in [4.78, 5) is 21.1. The van der Waals surface area contributed by atoms with Crippen LogP contribution in [0.15, 0.2) is 60.8 Å². The van der Waals surface area contributed by atoms with Crippen molar-refractivity contribution in [2.24, 2.45) is 5.92 Å². The number of carbonyl (C=O) groups is 1. The molecule has 0 bridgehead atoms. The quantitative estimate of drug-likeness (QED) is 0.506. The van der Waals surface area contributed by atoms with Crippen molar-refractivity contribution in [1.82, 2.24) is 14.8 Å². The van der Waals surface area contributed by atoms with Crippen molar-refractivity contribution in [2.45, 2.75) is 50.0 Å². The molecular weight excluding hydrogens is 430 g/mol. The normalized spacial score (nSPS) is 25.4. The molecule has 2 aliphatic rings. The zero-order valence-corrected chi connectivity index (χ0v) is 20.6. The number of benzene rings is 2. The number of fused-ring (bicyclic) bond motifs is 1. The van der Waals surface area contributed by atoms with E-state index in [-0.39, 0.29) is 17.9 Å². The first-order chi connectivity index (χ1) is 15.6. The number of nitrogens with one attached hydrogen (secondary N) is 1. The molecule has 1 aromatic heterocycles. The molecule has 2 aromatic carbocycles. The van der Waals surface area contributed by atoms with Gasteiger partial charge in [-0.15, -0.1) is 12.4 Å². The van der Waals surface area contributed by atoms with Crippen LogP contribution in [0, 0.1) is 5.92 Å². The predicted octanol–water partition coefficient (Wildman–Crippen LogP) is 5.94. The molecule has 1 amide bonds. The maximum Gasteiger partial charge on any atom is 0.222 e. The first kappa shape index (κ1) is 23.8. The Morgan fingerprint density at radius 2 is 1.73 bits per heavy atom. The Balaban J connectivity index is 0.00000259. The highest BCUT2D eigenvalue weighted by atomic mass is 35.5. The molecule has 1 saturated heterocycles. The molecule has 0 radical (unpaired) electrons. The third-order valence-electron chi connectivity index (χ3n) is 8.16. The fourth-order valence-electron chi connectivity index (χ4n) is 6.15. The Morgan fingerprint density at radius 3 is 2.45 bits per heavy atom. The summed E-state index contributed by atoms with van der Waals surface area (Å²) in [6, 6.07) is 19.4. The number of hydrogen-bond donors (Lipinski definition) is 1. The van der Waals surface area contributed by atoms with Gasteiger partial charge in [0.2, 0.25) is 5.91 Å². The number of amides is 1. The minimum atomic E-state index is 0. The van der Waals surface area contributed by atoms with E-state index in [2.05, 4.69) is 89.7 Å². The van der Waals surface area contributed by atoms with Gasteiger partial charge in [-0.3, -0.25) is 9.69 Å². The molecular formula is C28H36ClN3O. The van der Waals surface area contributed by atoms with E-state index in [9.17, 15) is 4.79 Å². The standard InChI is InChI=1S/C28H35N3O.ClH/c1-30(2)28(23-8-4-3-5-9-23)15-12-21(13-16-28)18-27(32)31-17-14-22(20-31)25-19-29-26-11-7-6-10-24(25)26;/h3-11,19,21-22,29H,12-18,20H2,1-2H3;1H. The van der Waals surface area contributed by atoms with Crippen molar-refractivity contribution in [3.8, 4) is 0 Å². The van der Waals surface area contributed by atoms with Crippen molar-refractivity contribution < 1.29 is 4.79 Å². The molecule has 1 unspecified atom stereocenters. The van der Waals surface area contributed by atoms with Gasteiger partial charge in [0.05, 0.1) is 0 Å². The third kappa shape index (κ3) is 4.56. The third-order valence-corrected chi connectivity index (χ3v) is 8.16. The molecule has 1 aliphatic heterocycles. The molecule has 5 heteroatoms. The summed E-state index contributed by atoms with van der Waals surface area (Å²) in [6.45, 7) is 1.75. The van der Waals surface area contributed by atoms with E-state index in [0.29, 0.717) is 24.2 Å². The van der Waals surface area contributed by atoms with Crippen molar-refractivity contribution in [2.75, 3.05) is 27.2 Å². The largest absolute Gasteiger partial charge is 0.361 e. The number of halogens is 1. The summed E-state index contributed by atoms with van der Waals surface area (Å²) < 4.78 is 0. The summed E-state index contributed by atoms with van der Waals surface area (Å²) in [6.07, 6.45) is 8.42. The molecule has 2 fully saturated rings. The number of hydrogen-bond acceptors (Lipinski definition) is 2. The highest BCUT2D eigenvalue weighted by molar-refractivity contribution is 5.85. The van der Waals surface area contributed by atoms with Crippen LogP contribution >= 0.6 is 12.4 Å². The lowest BCUT2D eigenvalue weighted by molar-refractivity contribution is -0.131. The first-order valence-corrected chi connectivity index (χ1v) is 12.1. The lowest BCUT2D eigenvalue weighted by Gasteiger charge is -2.45. The summed E-state index contributed by atoms with van der Waals surface area (Å²) in [5.41, 5.74) is 4.08. The van der Waals surface area contributed by atoms with Gasteiger partial charge in [-0.2, -0.15) is 0 Å². The highest BCUT2D eigenvalue weighted by Crippen LogP contribution is 2.44. The molecule has 5 rings (SSSR count). The van der Waals surface area contributed by atoms with E-state index in [1.807, 2.05) is 0 Å². The van der Waals surface area contributed by atoms with Crippen LogP contribution in [0.4, 0.5) is 0 Å². The van der Waals surface area contributed by atoms with Gasteiger partial charge < -0.3 is 9.88 Å². The van der Waals surface area contributed by atoms with E-state index in [1.54, 1.807) is 0 Å². The summed E-state index contributed by atoms with van der Waals surface area (Å²) >= 11 is 0. The Kier molecular flexibility index (Phi) is 7.16. The summed E-state index contributed by atoms with van der Waals surface area (Å²) in [5, 5.41) is 1.31. The van der Waals surface area contributed by atoms with Crippen LogP contribution < -0.4 is 0 Å². The van der Waals surface area contributed by atoms with Crippen LogP contribution in [0.5, 0.6) is 0 Å². The first-order valence-electron chi connectivity index (χ1n) is 12.1. The number of H-pyrrole nitrogens is 1. The number of likely N-dealkylation sites (tertiary alicyclic amines) is 1. The molecule has 176 valence electrons. The van der Waals surface area contributed by atoms with Gasteiger partial charge in [0.1, 0.15) is 0 Å². The molecule has 3 aromatic rings. The second-order valence-electron chi connectivity index (χ2n) is 10.1. The van der Waals surface area contributed by atoms with Gasteiger partial charge in [0.15, 0.2) is 0 Å². The van der Waals surface area contributed by atoms with E-state index in [0.717, 1.165) is 45.2 Å². The molecule has 1 saturated carbocycles.